The van der Waals surface area contributed by atoms with E-state index in [0.717, 1.165) is 23.6 Å². The van der Waals surface area contributed by atoms with Crippen LogP contribution < -0.4 is 15.0 Å². The minimum atomic E-state index is -0.733. The molecular weight excluding hydrogens is 492 g/mol. The summed E-state index contributed by atoms with van der Waals surface area (Å²) in [6.07, 6.45) is 0.858. The number of nitrogens with zero attached hydrogens (tertiary/aromatic N) is 2. The van der Waals surface area contributed by atoms with Crippen molar-refractivity contribution in [3.05, 3.63) is 58.7 Å². The van der Waals surface area contributed by atoms with Gasteiger partial charge in [-0.05, 0) is 43.0 Å². The molecule has 1 aliphatic rings. The summed E-state index contributed by atoms with van der Waals surface area (Å²) in [5.74, 6) is -1.44. The monoisotopic (exact) mass is 531 g/mol. The zero-order valence-electron chi connectivity index (χ0n) is 22.7. The molecule has 0 aliphatic carbocycles. The Balaban J connectivity index is 1.45. The highest BCUT2D eigenvalue weighted by Gasteiger charge is 2.24. The van der Waals surface area contributed by atoms with Crippen LogP contribution in [0.3, 0.4) is 0 Å². The van der Waals surface area contributed by atoms with E-state index in [-0.39, 0.29) is 23.4 Å². The fourth-order valence-electron chi connectivity index (χ4n) is 4.59. The van der Waals surface area contributed by atoms with Crippen LogP contribution in [0, 0.1) is 24.5 Å². The minimum Gasteiger partial charge on any atom is -0.492 e. The number of benzene rings is 2. The van der Waals surface area contributed by atoms with Crippen molar-refractivity contribution in [2.75, 3.05) is 51.3 Å². The van der Waals surface area contributed by atoms with Crippen molar-refractivity contribution in [2.45, 2.75) is 46.1 Å². The Morgan fingerprint density at radius 2 is 1.84 bits per heavy atom. The molecule has 0 saturated carbocycles. The number of aryl methyl sites for hydroxylation is 1. The summed E-state index contributed by atoms with van der Waals surface area (Å²) in [5.41, 5.74) is 2.73. The molecule has 0 spiro atoms. The molecule has 2 aromatic carbocycles. The van der Waals surface area contributed by atoms with Gasteiger partial charge in [-0.2, -0.15) is 0 Å². The number of anilines is 1. The smallest absolute Gasteiger partial charge is 0.251 e. The van der Waals surface area contributed by atoms with Gasteiger partial charge in [-0.1, -0.05) is 19.9 Å². The quantitative estimate of drug-likeness (QED) is 0.434. The molecule has 2 unspecified atom stereocenters. The van der Waals surface area contributed by atoms with Gasteiger partial charge in [0.1, 0.15) is 11.6 Å². The van der Waals surface area contributed by atoms with Crippen LogP contribution in [-0.2, 0) is 11.2 Å². The van der Waals surface area contributed by atoms with Crippen LogP contribution in [0.5, 0.6) is 5.75 Å². The number of carbonyl (C=O) groups is 2. The molecular formula is C29H39F2N3O4. The molecule has 2 atom stereocenters. The maximum Gasteiger partial charge on any atom is 0.251 e. The molecule has 1 saturated heterocycles. The zero-order chi connectivity index (χ0) is 27.8. The Labute approximate surface area is 223 Å². The predicted octanol–water partition coefficient (Wildman–Crippen LogP) is 3.74. The van der Waals surface area contributed by atoms with Crippen LogP contribution in [0.25, 0.3) is 0 Å². The lowest BCUT2D eigenvalue weighted by atomic mass is 9.94. The second-order valence-electron chi connectivity index (χ2n) is 10.0. The van der Waals surface area contributed by atoms with Gasteiger partial charge in [-0.15, -0.1) is 0 Å². The highest BCUT2D eigenvalue weighted by molar-refractivity contribution is 5.95. The lowest BCUT2D eigenvalue weighted by molar-refractivity contribution is -0.121. The number of β-amino-alcohol motifs (C(OH)–C–C–N with tert-alkyl or cyclic N) is 1. The van der Waals surface area contributed by atoms with E-state index < -0.39 is 17.7 Å². The first-order valence-corrected chi connectivity index (χ1v) is 13.2. The number of carbonyl (C=O) groups excluding carboxylic acids is 2. The molecule has 1 aliphatic heterocycles. The lowest BCUT2D eigenvalue weighted by Crippen LogP contribution is -2.49. The normalized spacial score (nSPS) is 15.7. The number of ketones is 1. The Morgan fingerprint density at radius 1 is 1.13 bits per heavy atom. The van der Waals surface area contributed by atoms with E-state index in [1.165, 1.54) is 13.2 Å². The van der Waals surface area contributed by atoms with Crippen LogP contribution in [0.2, 0.25) is 0 Å². The number of nitrogens with one attached hydrogen (secondary N) is 1. The summed E-state index contributed by atoms with van der Waals surface area (Å²) in [4.78, 5) is 29.0. The van der Waals surface area contributed by atoms with Gasteiger partial charge in [0.2, 0.25) is 0 Å². The van der Waals surface area contributed by atoms with E-state index in [1.807, 2.05) is 31.7 Å². The van der Waals surface area contributed by atoms with E-state index in [2.05, 4.69) is 10.2 Å². The highest BCUT2D eigenvalue weighted by Crippen LogP contribution is 2.32. The predicted molar refractivity (Wildman–Crippen MR) is 144 cm³/mol. The van der Waals surface area contributed by atoms with Gasteiger partial charge in [0.25, 0.3) is 5.91 Å². The standard InChI is InChI=1S/C29H39F2N3O4/c1-5-19(2)27(36)15-22-14-21(7-6-20(22)3)29(37)32-9-8-24(35)18-33-10-12-34(13-11-33)26-17-23(30)16-25(31)28(26)38-4/h6-7,14,16-17,19,24,35H,5,8-13,15,18H2,1-4H3,(H,32,37). The zero-order valence-corrected chi connectivity index (χ0v) is 22.7. The molecule has 2 aromatic rings. The van der Waals surface area contributed by atoms with E-state index in [9.17, 15) is 23.5 Å². The third-order valence-electron chi connectivity index (χ3n) is 7.28. The SMILES string of the molecule is CCC(C)C(=O)Cc1cc(C(=O)NCCC(O)CN2CCN(c3cc(F)cc(F)c3OC)CC2)ccc1C. The topological polar surface area (TPSA) is 82.1 Å². The van der Waals surface area contributed by atoms with Gasteiger partial charge in [0.15, 0.2) is 11.6 Å². The Morgan fingerprint density at radius 3 is 2.50 bits per heavy atom. The van der Waals surface area contributed by atoms with Gasteiger partial charge in [-0.25, -0.2) is 8.78 Å². The summed E-state index contributed by atoms with van der Waals surface area (Å²) >= 11 is 0. The maximum atomic E-state index is 14.0. The van der Waals surface area contributed by atoms with E-state index in [4.69, 9.17) is 4.74 Å². The Kier molecular flexibility index (Phi) is 10.6. The van der Waals surface area contributed by atoms with Crippen LogP contribution in [0.15, 0.2) is 30.3 Å². The number of methoxy groups -OCH3 is 1. The number of amides is 1. The second-order valence-corrected chi connectivity index (χ2v) is 10.0. The van der Waals surface area contributed by atoms with Gasteiger partial charge in [-0.3, -0.25) is 14.5 Å². The third-order valence-corrected chi connectivity index (χ3v) is 7.28. The molecule has 1 fully saturated rings. The highest BCUT2D eigenvalue weighted by atomic mass is 19.1. The average molecular weight is 532 g/mol. The second kappa shape index (κ2) is 13.7. The van der Waals surface area contributed by atoms with Crippen molar-refractivity contribution in [1.29, 1.82) is 0 Å². The Hall–Kier alpha value is -3.04. The van der Waals surface area contributed by atoms with Gasteiger partial charge >= 0.3 is 0 Å². The molecule has 0 radical (unpaired) electrons. The molecule has 1 heterocycles. The summed E-state index contributed by atoms with van der Waals surface area (Å²) in [5, 5.41) is 13.4. The van der Waals surface area contributed by atoms with E-state index >= 15 is 0 Å². The first kappa shape index (κ1) is 29.5. The number of rotatable bonds is 12. The lowest BCUT2D eigenvalue weighted by Gasteiger charge is -2.37. The van der Waals surface area contributed by atoms with E-state index in [1.54, 1.807) is 12.1 Å². The number of hydrogen-bond acceptors (Lipinski definition) is 6. The molecule has 1 amide bonds. The van der Waals surface area contributed by atoms with Crippen LogP contribution in [-0.4, -0.2) is 74.2 Å². The van der Waals surface area contributed by atoms with Gasteiger partial charge in [0.05, 0.1) is 18.9 Å². The average Bonchev–Trinajstić information content (AvgIpc) is 2.89. The first-order valence-electron chi connectivity index (χ1n) is 13.2. The summed E-state index contributed by atoms with van der Waals surface area (Å²) < 4.78 is 32.9. The molecule has 208 valence electrons. The molecule has 2 N–H and O–H groups in total. The van der Waals surface area contributed by atoms with Crippen molar-refractivity contribution < 1.29 is 28.2 Å². The van der Waals surface area contributed by atoms with Crippen molar-refractivity contribution in [2.24, 2.45) is 5.92 Å². The summed E-state index contributed by atoms with van der Waals surface area (Å²) in [6, 6.07) is 7.46. The number of Topliss-reactive ketones (excluding diaryl/α,β-unsaturated/α-hetero) is 1. The molecule has 7 nitrogen and oxygen atoms in total. The van der Waals surface area contributed by atoms with Crippen LogP contribution in [0.4, 0.5) is 14.5 Å². The molecule has 9 heteroatoms. The molecule has 38 heavy (non-hydrogen) atoms. The van der Waals surface area contributed by atoms with Crippen molar-refractivity contribution in [3.63, 3.8) is 0 Å². The number of hydrogen-bond donors (Lipinski definition) is 2. The maximum absolute atomic E-state index is 14.0. The first-order chi connectivity index (χ1) is 18.1. The molecule has 0 bridgehead atoms. The number of piperazine rings is 1. The minimum absolute atomic E-state index is 0.0106. The number of aliphatic hydroxyl groups excluding tert-OH is 1. The third kappa shape index (κ3) is 7.74. The van der Waals surface area contributed by atoms with Crippen molar-refractivity contribution in [1.82, 2.24) is 10.2 Å². The van der Waals surface area contributed by atoms with E-state index in [0.29, 0.717) is 63.4 Å². The number of halogens is 2. The number of aliphatic hydroxyl groups is 1. The van der Waals surface area contributed by atoms with Gasteiger partial charge < -0.3 is 20.1 Å². The fourth-order valence-corrected chi connectivity index (χ4v) is 4.59. The molecule has 3 rings (SSSR count). The fraction of sp³-hybridized carbons (Fsp3) is 0.517. The Bertz CT molecular complexity index is 1120. The summed E-state index contributed by atoms with van der Waals surface area (Å²) in [7, 11) is 1.36. The number of ether oxygens (including phenoxy) is 1. The van der Waals surface area contributed by atoms with Crippen molar-refractivity contribution in [3.8, 4) is 5.75 Å². The summed E-state index contributed by atoms with van der Waals surface area (Å²) in [6.45, 7) is 8.90. The largest absolute Gasteiger partial charge is 0.492 e. The van der Waals surface area contributed by atoms with Crippen molar-refractivity contribution >= 4 is 17.4 Å². The van der Waals surface area contributed by atoms with Crippen LogP contribution >= 0.6 is 0 Å². The van der Waals surface area contributed by atoms with Crippen LogP contribution in [0.1, 0.15) is 48.2 Å². The molecule has 0 aromatic heterocycles. The van der Waals surface area contributed by atoms with Gasteiger partial charge in [0, 0.05) is 69.3 Å².